The molecular weight excluding hydrogens is 443 g/mol. The molecule has 1 atom stereocenters. The molecule has 0 aromatic carbocycles. The number of alkyl halides is 3. The number of esters is 1. The van der Waals surface area contributed by atoms with Crippen LogP contribution in [0, 0.1) is 0 Å². The van der Waals surface area contributed by atoms with Crippen LogP contribution in [-0.4, -0.2) is 74.0 Å². The second-order valence-corrected chi connectivity index (χ2v) is 11.1. The average molecular weight is 461 g/mol. The van der Waals surface area contributed by atoms with Crippen molar-refractivity contribution in [1.29, 1.82) is 0 Å². The van der Waals surface area contributed by atoms with E-state index in [1.807, 2.05) is 0 Å². The van der Waals surface area contributed by atoms with Gasteiger partial charge in [-0.2, -0.15) is 13.2 Å². The Morgan fingerprint density at radius 2 is 1.59 bits per heavy atom. The molecule has 0 radical (unpaired) electrons. The lowest BCUT2D eigenvalue weighted by Gasteiger charge is -2.11. The fraction of sp³-hybridized carbons (Fsp3) is 0.900. The molecule has 1 aliphatic rings. The molecule has 17 heteroatoms. The molecular formula is C10H18F3N3O8S3. The highest BCUT2D eigenvalue weighted by molar-refractivity contribution is 8.05. The first-order valence-corrected chi connectivity index (χ1v) is 12.1. The number of nitrogens with one attached hydrogen (secondary N) is 3. The zero-order valence-electron chi connectivity index (χ0n) is 13.7. The molecule has 0 spiro atoms. The van der Waals surface area contributed by atoms with Gasteiger partial charge < -0.3 is 10.1 Å². The van der Waals surface area contributed by atoms with Crippen molar-refractivity contribution >= 4 is 36.0 Å². The average Bonchev–Trinajstić information content (AvgIpc) is 2.86. The van der Waals surface area contributed by atoms with Crippen molar-refractivity contribution in [1.82, 2.24) is 14.2 Å². The van der Waals surface area contributed by atoms with Crippen molar-refractivity contribution in [2.75, 3.05) is 31.2 Å². The summed E-state index contributed by atoms with van der Waals surface area (Å²) in [6.07, 6.45) is -0.197. The molecule has 0 amide bonds. The first-order valence-electron chi connectivity index (χ1n) is 7.35. The third-order valence-electron chi connectivity index (χ3n) is 3.14. The van der Waals surface area contributed by atoms with Gasteiger partial charge in [0.25, 0.3) is 0 Å². The van der Waals surface area contributed by atoms with Crippen molar-refractivity contribution < 1.29 is 48.0 Å². The van der Waals surface area contributed by atoms with E-state index < -0.39 is 65.5 Å². The molecule has 1 unspecified atom stereocenters. The Hall–Kier alpha value is -1.01. The van der Waals surface area contributed by atoms with Gasteiger partial charge in [0.1, 0.15) is 6.04 Å². The number of sulfonamides is 3. The SMILES string of the molecule is O=C1OCCC1NCCNS(=O)(=O)CCCS(=O)(=O)NS(=O)(=O)C(F)(F)F. The largest absolute Gasteiger partial charge is 0.512 e. The van der Waals surface area contributed by atoms with Crippen LogP contribution in [0.5, 0.6) is 0 Å². The lowest BCUT2D eigenvalue weighted by atomic mass is 10.2. The van der Waals surface area contributed by atoms with Gasteiger partial charge in [-0.3, -0.25) is 4.79 Å². The highest BCUT2D eigenvalue weighted by Crippen LogP contribution is 2.22. The summed E-state index contributed by atoms with van der Waals surface area (Å²) in [7, 11) is -15.0. The molecule has 0 saturated carbocycles. The summed E-state index contributed by atoms with van der Waals surface area (Å²) in [5, 5.41) is 2.74. The minimum absolute atomic E-state index is 0.0860. The maximum atomic E-state index is 12.1. The van der Waals surface area contributed by atoms with E-state index in [0.717, 1.165) is 0 Å². The zero-order chi connectivity index (χ0) is 20.9. The number of hydrogen-bond donors (Lipinski definition) is 3. The molecule has 160 valence electrons. The fourth-order valence-corrected chi connectivity index (χ4v) is 5.74. The van der Waals surface area contributed by atoms with Crippen LogP contribution in [0.2, 0.25) is 0 Å². The number of carbonyl (C=O) groups is 1. The van der Waals surface area contributed by atoms with Gasteiger partial charge in [-0.25, -0.2) is 30.0 Å². The third kappa shape index (κ3) is 8.26. The highest BCUT2D eigenvalue weighted by Gasteiger charge is 2.48. The van der Waals surface area contributed by atoms with E-state index >= 15 is 0 Å². The van der Waals surface area contributed by atoms with E-state index in [2.05, 4.69) is 14.8 Å². The van der Waals surface area contributed by atoms with Gasteiger partial charge in [-0.05, 0) is 6.42 Å². The van der Waals surface area contributed by atoms with Gasteiger partial charge in [-0.15, -0.1) is 4.13 Å². The predicted octanol–water partition coefficient (Wildman–Crippen LogP) is -2.03. The quantitative estimate of drug-likeness (QED) is 0.232. The lowest BCUT2D eigenvalue weighted by Crippen LogP contribution is -2.42. The molecule has 1 heterocycles. The fourth-order valence-electron chi connectivity index (χ4n) is 1.90. The maximum absolute atomic E-state index is 12.1. The Kier molecular flexibility index (Phi) is 8.00. The Morgan fingerprint density at radius 3 is 2.11 bits per heavy atom. The summed E-state index contributed by atoms with van der Waals surface area (Å²) >= 11 is 0. The van der Waals surface area contributed by atoms with Gasteiger partial charge in [0.2, 0.25) is 20.0 Å². The summed E-state index contributed by atoms with van der Waals surface area (Å²) in [6.45, 7) is 0.219. The van der Waals surface area contributed by atoms with Crippen LogP contribution in [0.4, 0.5) is 13.2 Å². The second-order valence-electron chi connectivity index (χ2n) is 5.38. The molecule has 1 rings (SSSR count). The second kappa shape index (κ2) is 8.99. The summed E-state index contributed by atoms with van der Waals surface area (Å²) < 4.78 is 111. The van der Waals surface area contributed by atoms with Crippen LogP contribution in [-0.2, 0) is 39.6 Å². The molecule has 11 nitrogen and oxygen atoms in total. The van der Waals surface area contributed by atoms with Gasteiger partial charge in [0, 0.05) is 19.5 Å². The van der Waals surface area contributed by atoms with Gasteiger partial charge in [0.05, 0.1) is 18.1 Å². The zero-order valence-corrected chi connectivity index (χ0v) is 16.1. The van der Waals surface area contributed by atoms with E-state index in [9.17, 15) is 43.2 Å². The van der Waals surface area contributed by atoms with Crippen molar-refractivity contribution in [2.45, 2.75) is 24.4 Å². The van der Waals surface area contributed by atoms with E-state index in [-0.39, 0.29) is 19.7 Å². The molecule has 27 heavy (non-hydrogen) atoms. The van der Waals surface area contributed by atoms with Gasteiger partial charge in [0.15, 0.2) is 0 Å². The minimum Gasteiger partial charge on any atom is -0.464 e. The molecule has 0 bridgehead atoms. The monoisotopic (exact) mass is 461 g/mol. The Morgan fingerprint density at radius 1 is 1.00 bits per heavy atom. The third-order valence-corrected chi connectivity index (χ3v) is 7.94. The molecule has 3 N–H and O–H groups in total. The molecule has 1 aliphatic heterocycles. The normalized spacial score (nSPS) is 19.2. The summed E-state index contributed by atoms with van der Waals surface area (Å²) in [5.41, 5.74) is -5.81. The summed E-state index contributed by atoms with van der Waals surface area (Å²) in [5.74, 6) is -2.36. The predicted molar refractivity (Wildman–Crippen MR) is 85.7 cm³/mol. The number of hydrogen-bond acceptors (Lipinski definition) is 9. The van der Waals surface area contributed by atoms with Crippen LogP contribution >= 0.6 is 0 Å². The van der Waals surface area contributed by atoms with Crippen molar-refractivity contribution in [3.8, 4) is 0 Å². The summed E-state index contributed by atoms with van der Waals surface area (Å²) in [4.78, 5) is 11.2. The number of carbonyl (C=O) groups excluding carboxylic acids is 1. The maximum Gasteiger partial charge on any atom is 0.512 e. The van der Waals surface area contributed by atoms with E-state index in [1.54, 1.807) is 0 Å². The highest BCUT2D eigenvalue weighted by atomic mass is 32.3. The Labute approximate surface area is 154 Å². The van der Waals surface area contributed by atoms with Crippen LogP contribution in [0.1, 0.15) is 12.8 Å². The van der Waals surface area contributed by atoms with Crippen molar-refractivity contribution in [2.24, 2.45) is 0 Å². The minimum atomic E-state index is -6.10. The van der Waals surface area contributed by atoms with Gasteiger partial charge in [-0.1, -0.05) is 0 Å². The number of halogens is 3. The topological polar surface area (TPSA) is 165 Å². The van der Waals surface area contributed by atoms with Crippen LogP contribution in [0.15, 0.2) is 0 Å². The number of ether oxygens (including phenoxy) is 1. The molecule has 0 aliphatic carbocycles. The molecule has 1 saturated heterocycles. The van der Waals surface area contributed by atoms with Crippen LogP contribution < -0.4 is 14.2 Å². The summed E-state index contributed by atoms with van der Waals surface area (Å²) in [6, 6.07) is -0.540. The molecule has 0 aromatic rings. The Bertz CT molecular complexity index is 839. The number of rotatable bonds is 11. The van der Waals surface area contributed by atoms with E-state index in [1.165, 1.54) is 0 Å². The molecule has 0 aromatic heterocycles. The smallest absolute Gasteiger partial charge is 0.464 e. The standard InChI is InChI=1S/C10H18F3N3O8S3/c11-10(12,13)27(22,23)16-26(20,21)7-1-6-25(18,19)15-4-3-14-8-2-5-24-9(8)17/h8,14-16H,1-7H2. The number of cyclic esters (lactones) is 1. The Balaban J connectivity index is 2.37. The van der Waals surface area contributed by atoms with Gasteiger partial charge >= 0.3 is 21.5 Å². The van der Waals surface area contributed by atoms with Crippen molar-refractivity contribution in [3.05, 3.63) is 0 Å². The van der Waals surface area contributed by atoms with Crippen molar-refractivity contribution in [3.63, 3.8) is 0 Å². The first-order chi connectivity index (χ1) is 12.2. The van der Waals surface area contributed by atoms with E-state index in [0.29, 0.717) is 10.5 Å². The first kappa shape index (κ1) is 24.0. The lowest BCUT2D eigenvalue weighted by molar-refractivity contribution is -0.139. The van der Waals surface area contributed by atoms with Crippen LogP contribution in [0.3, 0.4) is 0 Å². The molecule has 1 fully saturated rings. The van der Waals surface area contributed by atoms with Crippen LogP contribution in [0.25, 0.3) is 0 Å². The van der Waals surface area contributed by atoms with E-state index in [4.69, 9.17) is 0 Å².